The van der Waals surface area contributed by atoms with Gasteiger partial charge in [-0.15, -0.1) is 0 Å². The second-order valence-corrected chi connectivity index (χ2v) is 3.00. The van der Waals surface area contributed by atoms with Gasteiger partial charge in [0, 0.05) is 6.42 Å². The highest BCUT2D eigenvalue weighted by molar-refractivity contribution is 7.58. The predicted octanol–water partition coefficient (Wildman–Crippen LogP) is 1.17. The summed E-state index contributed by atoms with van der Waals surface area (Å²) in [6.07, 6.45) is 1.86. The second-order valence-electron chi connectivity index (χ2n) is 1.83. The average Bonchev–Trinajstić information content (AvgIpc) is 1.82. The third-order valence-electron chi connectivity index (χ3n) is 0.996. The van der Waals surface area contributed by atoms with Crippen molar-refractivity contribution in [3.05, 3.63) is 0 Å². The van der Waals surface area contributed by atoms with E-state index in [2.05, 4.69) is 0 Å². The molecule has 9 heavy (non-hydrogen) atoms. The molecule has 0 aliphatic heterocycles. The maximum Gasteiger partial charge on any atom is 0.252 e. The van der Waals surface area contributed by atoms with Crippen LogP contribution in [0, 0.1) is 0 Å². The van der Waals surface area contributed by atoms with E-state index in [1.165, 1.54) is 0 Å². The van der Waals surface area contributed by atoms with Crippen molar-refractivity contribution in [2.75, 3.05) is 0 Å². The summed E-state index contributed by atoms with van der Waals surface area (Å²) in [6.45, 7) is 1.93. The van der Waals surface area contributed by atoms with Crippen molar-refractivity contribution in [3.63, 3.8) is 0 Å². The summed E-state index contributed by atoms with van der Waals surface area (Å²) in [7, 11) is -2.87. The minimum atomic E-state index is -2.87. The largest absolute Gasteiger partial charge is 0.341 e. The molecule has 1 N–H and O–H groups in total. The number of hydrogen-bond acceptors (Lipinski definition) is 2. The van der Waals surface area contributed by atoms with E-state index in [9.17, 15) is 9.36 Å². The molecular weight excluding hydrogens is 139 g/mol. The number of carbonyl (C=O) groups is 1. The van der Waals surface area contributed by atoms with Gasteiger partial charge in [-0.05, 0) is 6.42 Å². The molecule has 0 fully saturated rings. The van der Waals surface area contributed by atoms with E-state index < -0.39 is 13.6 Å². The van der Waals surface area contributed by atoms with E-state index in [1.807, 2.05) is 6.92 Å². The Kier molecular flexibility index (Phi) is 4.64. The molecule has 0 radical (unpaired) electrons. The van der Waals surface area contributed by atoms with Crippen LogP contribution < -0.4 is 0 Å². The summed E-state index contributed by atoms with van der Waals surface area (Å²) in [5.74, 6) is 0. The van der Waals surface area contributed by atoms with Crippen molar-refractivity contribution in [2.24, 2.45) is 0 Å². The summed E-state index contributed by atoms with van der Waals surface area (Å²) < 4.78 is 10.0. The summed E-state index contributed by atoms with van der Waals surface area (Å²) in [6, 6.07) is 0. The topological polar surface area (TPSA) is 54.4 Å². The van der Waals surface area contributed by atoms with E-state index >= 15 is 0 Å². The first kappa shape index (κ1) is 8.86. The average molecular weight is 150 g/mol. The third kappa shape index (κ3) is 4.37. The molecule has 0 aliphatic carbocycles. The van der Waals surface area contributed by atoms with Gasteiger partial charge in [-0.25, -0.2) is 0 Å². The first-order chi connectivity index (χ1) is 4.18. The van der Waals surface area contributed by atoms with Crippen LogP contribution in [-0.2, 0) is 9.36 Å². The van der Waals surface area contributed by atoms with Crippen LogP contribution in [0.3, 0.4) is 0 Å². The van der Waals surface area contributed by atoms with Crippen molar-refractivity contribution in [1.29, 1.82) is 0 Å². The minimum absolute atomic E-state index is 0.255. The van der Waals surface area contributed by atoms with Crippen LogP contribution in [0.5, 0.6) is 0 Å². The van der Waals surface area contributed by atoms with Gasteiger partial charge < -0.3 is 4.89 Å². The van der Waals surface area contributed by atoms with Gasteiger partial charge in [0.1, 0.15) is 0 Å². The predicted molar refractivity (Wildman–Crippen MR) is 35.8 cm³/mol. The quantitative estimate of drug-likeness (QED) is 0.612. The van der Waals surface area contributed by atoms with Crippen molar-refractivity contribution < 1.29 is 14.3 Å². The van der Waals surface area contributed by atoms with Gasteiger partial charge in [-0.2, -0.15) is 0 Å². The molecule has 0 heterocycles. The molecule has 0 aromatic heterocycles. The lowest BCUT2D eigenvalue weighted by Gasteiger charge is -1.91. The lowest BCUT2D eigenvalue weighted by Crippen LogP contribution is -1.88. The molecule has 1 unspecified atom stereocenters. The molecule has 3 nitrogen and oxygen atoms in total. The number of unbranched alkanes of at least 4 members (excludes halogenated alkanes) is 1. The van der Waals surface area contributed by atoms with Gasteiger partial charge in [0.15, 0.2) is 0 Å². The SMILES string of the molecule is CCCCC(=O)[PH](=O)O. The Labute approximate surface area is 54.9 Å². The van der Waals surface area contributed by atoms with E-state index in [0.29, 0.717) is 0 Å². The van der Waals surface area contributed by atoms with Crippen LogP contribution in [-0.4, -0.2) is 10.4 Å². The van der Waals surface area contributed by atoms with E-state index in [4.69, 9.17) is 4.89 Å². The Balaban J connectivity index is 3.39. The molecule has 0 rings (SSSR count). The van der Waals surface area contributed by atoms with E-state index in [0.717, 1.165) is 12.8 Å². The first-order valence-corrected chi connectivity index (χ1v) is 4.30. The fourth-order valence-electron chi connectivity index (χ4n) is 0.444. The van der Waals surface area contributed by atoms with Crippen molar-refractivity contribution in [2.45, 2.75) is 26.2 Å². The normalized spacial score (nSPS) is 13.1. The molecule has 0 aliphatic rings. The third-order valence-corrected chi connectivity index (χ3v) is 1.72. The first-order valence-electron chi connectivity index (χ1n) is 2.94. The number of carbonyl (C=O) groups excluding carboxylic acids is 1. The summed E-state index contributed by atoms with van der Waals surface area (Å²) in [5.41, 5.74) is -0.498. The van der Waals surface area contributed by atoms with Crippen LogP contribution in [0.2, 0.25) is 0 Å². The molecule has 0 aromatic rings. The van der Waals surface area contributed by atoms with Gasteiger partial charge >= 0.3 is 0 Å². The van der Waals surface area contributed by atoms with Crippen LogP contribution in [0.25, 0.3) is 0 Å². The molecule has 0 aromatic carbocycles. The zero-order chi connectivity index (χ0) is 7.28. The standard InChI is InChI=1S/C5H11O3P/c1-2-3-4-5(6)9(7)8/h9H,2-4H2,1H3,(H,7,8). The van der Waals surface area contributed by atoms with Crippen LogP contribution >= 0.6 is 8.03 Å². The molecule has 0 amide bonds. The van der Waals surface area contributed by atoms with Gasteiger partial charge in [0.25, 0.3) is 8.03 Å². The Bertz CT molecular complexity index is 121. The van der Waals surface area contributed by atoms with Crippen LogP contribution in [0.1, 0.15) is 26.2 Å². The number of rotatable bonds is 4. The molecule has 0 saturated carbocycles. The molecular formula is C5H11O3P. The Morgan fingerprint density at radius 1 is 1.67 bits per heavy atom. The molecule has 0 bridgehead atoms. The monoisotopic (exact) mass is 150 g/mol. The van der Waals surface area contributed by atoms with Gasteiger partial charge in [0.05, 0.1) is 0 Å². The van der Waals surface area contributed by atoms with Crippen molar-refractivity contribution in [1.82, 2.24) is 0 Å². The maximum absolute atomic E-state index is 10.4. The highest BCUT2D eigenvalue weighted by Crippen LogP contribution is 2.17. The van der Waals surface area contributed by atoms with Gasteiger partial charge in [-0.3, -0.25) is 9.36 Å². The zero-order valence-corrected chi connectivity index (χ0v) is 6.39. The highest BCUT2D eigenvalue weighted by atomic mass is 31.1. The van der Waals surface area contributed by atoms with Gasteiger partial charge in [-0.1, -0.05) is 13.3 Å². The zero-order valence-electron chi connectivity index (χ0n) is 5.39. The molecule has 0 saturated heterocycles. The molecule has 0 spiro atoms. The van der Waals surface area contributed by atoms with E-state index in [1.54, 1.807) is 0 Å². The summed E-state index contributed by atoms with van der Waals surface area (Å²) in [5, 5.41) is 0. The maximum atomic E-state index is 10.4. The van der Waals surface area contributed by atoms with E-state index in [-0.39, 0.29) is 6.42 Å². The minimum Gasteiger partial charge on any atom is -0.341 e. The Morgan fingerprint density at radius 2 is 2.22 bits per heavy atom. The molecule has 1 atom stereocenters. The highest BCUT2D eigenvalue weighted by Gasteiger charge is 2.04. The summed E-state index contributed by atoms with van der Waals surface area (Å²) in [4.78, 5) is 18.6. The summed E-state index contributed by atoms with van der Waals surface area (Å²) >= 11 is 0. The van der Waals surface area contributed by atoms with Crippen LogP contribution in [0.4, 0.5) is 0 Å². The van der Waals surface area contributed by atoms with Crippen molar-refractivity contribution >= 4 is 13.6 Å². The second kappa shape index (κ2) is 4.71. The smallest absolute Gasteiger partial charge is 0.252 e. The van der Waals surface area contributed by atoms with Gasteiger partial charge in [0.2, 0.25) is 5.52 Å². The Hall–Kier alpha value is -0.140. The Morgan fingerprint density at radius 3 is 2.56 bits per heavy atom. The lowest BCUT2D eigenvalue weighted by molar-refractivity contribution is -0.112. The van der Waals surface area contributed by atoms with Crippen LogP contribution in [0.15, 0.2) is 0 Å². The number of hydrogen-bond donors (Lipinski definition) is 1. The molecule has 54 valence electrons. The fraction of sp³-hybridized carbons (Fsp3) is 0.800. The molecule has 4 heteroatoms. The lowest BCUT2D eigenvalue weighted by atomic mass is 10.3. The fourth-order valence-corrected chi connectivity index (χ4v) is 0.835. The van der Waals surface area contributed by atoms with Crippen molar-refractivity contribution in [3.8, 4) is 0 Å².